The minimum absolute atomic E-state index is 0.729. The summed E-state index contributed by atoms with van der Waals surface area (Å²) in [7, 11) is 0. The van der Waals surface area contributed by atoms with Crippen molar-refractivity contribution in [2.45, 2.75) is 25.8 Å². The van der Waals surface area contributed by atoms with Crippen LogP contribution >= 0.6 is 0 Å². The average Bonchev–Trinajstić information content (AvgIpc) is 2.83. The van der Waals surface area contributed by atoms with Gasteiger partial charge in [-0.3, -0.25) is 4.90 Å². The third-order valence-corrected chi connectivity index (χ3v) is 4.43. The van der Waals surface area contributed by atoms with Crippen LogP contribution in [0.4, 0.5) is 0 Å². The summed E-state index contributed by atoms with van der Waals surface area (Å²) < 4.78 is 5.89. The predicted molar refractivity (Wildman–Crippen MR) is 77.6 cm³/mol. The maximum Gasteiger partial charge on any atom is 0.122 e. The lowest BCUT2D eigenvalue weighted by molar-refractivity contribution is 0.231. The first-order valence-corrected chi connectivity index (χ1v) is 7.47. The van der Waals surface area contributed by atoms with E-state index < -0.39 is 0 Å². The fraction of sp³-hybridized carbons (Fsp3) is 0.625. The van der Waals surface area contributed by atoms with E-state index in [0.29, 0.717) is 0 Å². The summed E-state index contributed by atoms with van der Waals surface area (Å²) in [5, 5.41) is 3.65. The first-order chi connectivity index (χ1) is 9.33. The van der Waals surface area contributed by atoms with Gasteiger partial charge in [-0.25, -0.2) is 0 Å². The van der Waals surface area contributed by atoms with Gasteiger partial charge in [-0.2, -0.15) is 0 Å². The molecule has 104 valence electrons. The van der Waals surface area contributed by atoms with Gasteiger partial charge in [0.25, 0.3) is 0 Å². The van der Waals surface area contributed by atoms with Gasteiger partial charge in [-0.15, -0.1) is 0 Å². The molecule has 0 aromatic heterocycles. The highest BCUT2D eigenvalue weighted by Crippen LogP contribution is 2.24. The van der Waals surface area contributed by atoms with E-state index >= 15 is 0 Å². The molecule has 2 saturated heterocycles. The largest absolute Gasteiger partial charge is 0.492 e. The van der Waals surface area contributed by atoms with Gasteiger partial charge < -0.3 is 10.1 Å². The zero-order valence-corrected chi connectivity index (χ0v) is 11.8. The molecule has 19 heavy (non-hydrogen) atoms. The van der Waals surface area contributed by atoms with Crippen LogP contribution in [0.1, 0.15) is 18.4 Å². The number of para-hydroxylation sites is 1. The number of hydrogen-bond acceptors (Lipinski definition) is 3. The van der Waals surface area contributed by atoms with E-state index in [1.165, 1.54) is 38.0 Å². The van der Waals surface area contributed by atoms with Crippen LogP contribution in [0.3, 0.4) is 0 Å². The number of piperidine rings is 1. The van der Waals surface area contributed by atoms with Crippen molar-refractivity contribution in [1.82, 2.24) is 10.2 Å². The quantitative estimate of drug-likeness (QED) is 0.897. The fourth-order valence-electron chi connectivity index (χ4n) is 3.32. The number of aryl methyl sites for hydroxylation is 1. The Balaban J connectivity index is 1.45. The minimum Gasteiger partial charge on any atom is -0.492 e. The summed E-state index contributed by atoms with van der Waals surface area (Å²) in [5.41, 5.74) is 1.22. The van der Waals surface area contributed by atoms with Crippen LogP contribution in [0.5, 0.6) is 5.75 Å². The van der Waals surface area contributed by atoms with Gasteiger partial charge in [-0.1, -0.05) is 18.2 Å². The SMILES string of the molecule is Cc1ccccc1OCCN1CC2CCCNC2C1. The number of hydrogen-bond donors (Lipinski definition) is 1. The molecule has 1 aromatic carbocycles. The Morgan fingerprint density at radius 2 is 2.21 bits per heavy atom. The molecule has 2 atom stereocenters. The normalized spacial score (nSPS) is 27.2. The first kappa shape index (κ1) is 12.9. The Hall–Kier alpha value is -1.06. The van der Waals surface area contributed by atoms with Crippen molar-refractivity contribution in [2.75, 3.05) is 32.8 Å². The Morgan fingerprint density at radius 3 is 3.05 bits per heavy atom. The Kier molecular flexibility index (Phi) is 4.04. The second-order valence-electron chi connectivity index (χ2n) is 5.84. The smallest absolute Gasteiger partial charge is 0.122 e. The van der Waals surface area contributed by atoms with Crippen LogP contribution in [-0.2, 0) is 0 Å². The van der Waals surface area contributed by atoms with Gasteiger partial charge in [0.15, 0.2) is 0 Å². The third kappa shape index (κ3) is 3.10. The lowest BCUT2D eigenvalue weighted by Gasteiger charge is -2.24. The third-order valence-electron chi connectivity index (χ3n) is 4.43. The lowest BCUT2D eigenvalue weighted by Crippen LogP contribution is -2.40. The second-order valence-corrected chi connectivity index (χ2v) is 5.84. The van der Waals surface area contributed by atoms with E-state index in [9.17, 15) is 0 Å². The summed E-state index contributed by atoms with van der Waals surface area (Å²) in [4.78, 5) is 2.55. The van der Waals surface area contributed by atoms with Crippen LogP contribution in [-0.4, -0.2) is 43.7 Å². The molecule has 2 aliphatic heterocycles. The summed E-state index contributed by atoms with van der Waals surface area (Å²) in [6.45, 7) is 7.59. The molecule has 2 fully saturated rings. The van der Waals surface area contributed by atoms with Crippen LogP contribution < -0.4 is 10.1 Å². The molecule has 2 unspecified atom stereocenters. The molecule has 3 heteroatoms. The molecule has 2 heterocycles. The molecular weight excluding hydrogens is 236 g/mol. The Labute approximate surface area is 115 Å². The summed E-state index contributed by atoms with van der Waals surface area (Å²) in [6.07, 6.45) is 2.74. The maximum atomic E-state index is 5.89. The standard InChI is InChI=1S/C16H24N2O/c1-13-5-2-3-7-16(13)19-10-9-18-11-14-6-4-8-17-15(14)12-18/h2-3,5,7,14-15,17H,4,6,8-12H2,1H3. The molecule has 0 bridgehead atoms. The van der Waals surface area contributed by atoms with E-state index in [1.54, 1.807) is 0 Å². The fourth-order valence-corrected chi connectivity index (χ4v) is 3.32. The molecule has 0 saturated carbocycles. The van der Waals surface area contributed by atoms with Gasteiger partial charge in [0.2, 0.25) is 0 Å². The molecular formula is C16H24N2O. The number of fused-ring (bicyclic) bond motifs is 1. The van der Waals surface area contributed by atoms with Crippen molar-refractivity contribution in [3.63, 3.8) is 0 Å². The van der Waals surface area contributed by atoms with Crippen LogP contribution in [0, 0.1) is 12.8 Å². The van der Waals surface area contributed by atoms with E-state index in [4.69, 9.17) is 4.74 Å². The topological polar surface area (TPSA) is 24.5 Å². The molecule has 0 spiro atoms. The highest BCUT2D eigenvalue weighted by atomic mass is 16.5. The second kappa shape index (κ2) is 5.93. The number of ether oxygens (including phenoxy) is 1. The van der Waals surface area contributed by atoms with E-state index in [-0.39, 0.29) is 0 Å². The van der Waals surface area contributed by atoms with Gasteiger partial charge in [0.1, 0.15) is 12.4 Å². The predicted octanol–water partition coefficient (Wildman–Crippen LogP) is 2.06. The monoisotopic (exact) mass is 260 g/mol. The minimum atomic E-state index is 0.729. The first-order valence-electron chi connectivity index (χ1n) is 7.47. The zero-order chi connectivity index (χ0) is 13.1. The van der Waals surface area contributed by atoms with E-state index in [0.717, 1.165) is 30.9 Å². The molecule has 1 aromatic rings. The van der Waals surface area contributed by atoms with E-state index in [1.807, 2.05) is 6.07 Å². The number of likely N-dealkylation sites (tertiary alicyclic amines) is 1. The van der Waals surface area contributed by atoms with Crippen molar-refractivity contribution in [1.29, 1.82) is 0 Å². The van der Waals surface area contributed by atoms with Crippen molar-refractivity contribution in [3.8, 4) is 5.75 Å². The van der Waals surface area contributed by atoms with Crippen molar-refractivity contribution in [2.24, 2.45) is 5.92 Å². The summed E-state index contributed by atoms with van der Waals surface area (Å²) in [6, 6.07) is 8.98. The number of nitrogens with one attached hydrogen (secondary N) is 1. The van der Waals surface area contributed by atoms with Crippen molar-refractivity contribution in [3.05, 3.63) is 29.8 Å². The van der Waals surface area contributed by atoms with E-state index in [2.05, 4.69) is 35.3 Å². The number of benzene rings is 1. The van der Waals surface area contributed by atoms with Crippen molar-refractivity contribution < 1.29 is 4.74 Å². The molecule has 0 aliphatic carbocycles. The van der Waals surface area contributed by atoms with Gasteiger partial charge in [-0.05, 0) is 43.9 Å². The van der Waals surface area contributed by atoms with Crippen LogP contribution in [0.25, 0.3) is 0 Å². The average molecular weight is 260 g/mol. The van der Waals surface area contributed by atoms with Crippen LogP contribution in [0.15, 0.2) is 24.3 Å². The number of rotatable bonds is 4. The summed E-state index contributed by atoms with van der Waals surface area (Å²) in [5.74, 6) is 1.89. The van der Waals surface area contributed by atoms with Gasteiger partial charge >= 0.3 is 0 Å². The van der Waals surface area contributed by atoms with Crippen molar-refractivity contribution >= 4 is 0 Å². The molecule has 0 amide bonds. The highest BCUT2D eigenvalue weighted by Gasteiger charge is 2.33. The van der Waals surface area contributed by atoms with Gasteiger partial charge in [0.05, 0.1) is 0 Å². The zero-order valence-electron chi connectivity index (χ0n) is 11.8. The maximum absolute atomic E-state index is 5.89. The van der Waals surface area contributed by atoms with Crippen LogP contribution in [0.2, 0.25) is 0 Å². The van der Waals surface area contributed by atoms with Gasteiger partial charge in [0, 0.05) is 25.7 Å². The Bertz CT molecular complexity index is 407. The highest BCUT2D eigenvalue weighted by molar-refractivity contribution is 5.31. The Morgan fingerprint density at radius 1 is 1.32 bits per heavy atom. The lowest BCUT2D eigenvalue weighted by atomic mass is 9.94. The summed E-state index contributed by atoms with van der Waals surface area (Å²) >= 11 is 0. The molecule has 3 rings (SSSR count). The molecule has 1 N–H and O–H groups in total. The number of nitrogens with zero attached hydrogens (tertiary/aromatic N) is 1. The molecule has 3 nitrogen and oxygen atoms in total. The molecule has 2 aliphatic rings. The molecule has 0 radical (unpaired) electrons.